The van der Waals surface area contributed by atoms with Gasteiger partial charge in [-0.3, -0.25) is 5.41 Å². The Bertz CT molecular complexity index is 616. The number of hydrogen-bond donors (Lipinski definition) is 2. The molecule has 3 N–H and O–H groups in total. The van der Waals surface area contributed by atoms with E-state index in [1.807, 2.05) is 30.3 Å². The largest absolute Gasteiger partial charge is 0.384 e. The zero-order valence-corrected chi connectivity index (χ0v) is 13.1. The minimum absolute atomic E-state index is 0.0342. The molecule has 5 heteroatoms. The van der Waals surface area contributed by atoms with Gasteiger partial charge in [-0.25, -0.2) is 0 Å². The number of nitrogens with two attached hydrogens (primary N) is 1. The fourth-order valence-electron chi connectivity index (χ4n) is 1.55. The maximum Gasteiger partial charge on any atom is 0.122 e. The third kappa shape index (κ3) is 3.75. The Hall–Kier alpha value is -0.970. The van der Waals surface area contributed by atoms with Crippen LogP contribution in [0, 0.1) is 5.41 Å². The van der Waals surface area contributed by atoms with Crippen molar-refractivity contribution in [3.63, 3.8) is 0 Å². The molecule has 2 rings (SSSR count). The van der Waals surface area contributed by atoms with Crippen molar-refractivity contribution in [3.8, 4) is 0 Å². The van der Waals surface area contributed by atoms with E-state index in [-0.39, 0.29) is 5.84 Å². The minimum Gasteiger partial charge on any atom is -0.384 e. The Balaban J connectivity index is 2.12. The van der Waals surface area contributed by atoms with E-state index in [1.165, 1.54) is 4.90 Å². The van der Waals surface area contributed by atoms with Crippen LogP contribution in [-0.4, -0.2) is 5.84 Å². The Labute approximate surface area is 130 Å². The third-order valence-electron chi connectivity index (χ3n) is 2.58. The van der Waals surface area contributed by atoms with Crippen molar-refractivity contribution >= 4 is 45.1 Å². The van der Waals surface area contributed by atoms with Crippen molar-refractivity contribution in [1.29, 1.82) is 5.41 Å². The number of thioether (sulfide) groups is 1. The second-order valence-corrected chi connectivity index (χ2v) is 6.22. The van der Waals surface area contributed by atoms with Gasteiger partial charge in [-0.15, -0.1) is 11.8 Å². The SMILES string of the molecule is N=C(N)c1ccc(CSc2ccccc2Br)c(Cl)c1. The van der Waals surface area contributed by atoms with Gasteiger partial charge in [0.15, 0.2) is 0 Å². The second kappa shape index (κ2) is 6.46. The molecule has 0 saturated carbocycles. The Morgan fingerprint density at radius 1 is 1.26 bits per heavy atom. The van der Waals surface area contributed by atoms with Gasteiger partial charge in [0.1, 0.15) is 5.84 Å². The van der Waals surface area contributed by atoms with Gasteiger partial charge in [-0.2, -0.15) is 0 Å². The molecule has 0 amide bonds. The van der Waals surface area contributed by atoms with Gasteiger partial charge in [0.05, 0.1) is 0 Å². The lowest BCUT2D eigenvalue weighted by molar-refractivity contribution is 1.35. The molecule has 0 spiro atoms. The van der Waals surface area contributed by atoms with Crippen LogP contribution in [0.1, 0.15) is 11.1 Å². The van der Waals surface area contributed by atoms with E-state index in [4.69, 9.17) is 22.7 Å². The molecule has 0 saturated heterocycles. The minimum atomic E-state index is 0.0342. The highest BCUT2D eigenvalue weighted by Gasteiger charge is 2.06. The summed E-state index contributed by atoms with van der Waals surface area (Å²) in [5, 5.41) is 8.02. The van der Waals surface area contributed by atoms with Crippen LogP contribution in [0.5, 0.6) is 0 Å². The fourth-order valence-corrected chi connectivity index (χ4v) is 3.45. The van der Waals surface area contributed by atoms with Gasteiger partial charge in [-0.1, -0.05) is 35.9 Å². The maximum atomic E-state index is 7.37. The monoisotopic (exact) mass is 354 g/mol. The summed E-state index contributed by atoms with van der Waals surface area (Å²) in [4.78, 5) is 1.18. The molecule has 0 bridgehead atoms. The first-order valence-corrected chi connectivity index (χ1v) is 7.73. The molecule has 2 aromatic carbocycles. The van der Waals surface area contributed by atoms with E-state index in [0.717, 1.165) is 15.8 Å². The van der Waals surface area contributed by atoms with Crippen molar-refractivity contribution in [2.24, 2.45) is 5.73 Å². The summed E-state index contributed by atoms with van der Waals surface area (Å²) in [6.45, 7) is 0. The van der Waals surface area contributed by atoms with E-state index in [9.17, 15) is 0 Å². The summed E-state index contributed by atoms with van der Waals surface area (Å²) >= 11 is 11.4. The first-order chi connectivity index (χ1) is 9.08. The summed E-state index contributed by atoms with van der Waals surface area (Å²) in [7, 11) is 0. The number of halogens is 2. The molecule has 0 aliphatic carbocycles. The van der Waals surface area contributed by atoms with Gasteiger partial charge in [0.25, 0.3) is 0 Å². The number of nitrogen functional groups attached to an aromatic ring is 1. The zero-order chi connectivity index (χ0) is 13.8. The van der Waals surface area contributed by atoms with Crippen LogP contribution >= 0.6 is 39.3 Å². The molecule has 0 aliphatic heterocycles. The lowest BCUT2D eigenvalue weighted by atomic mass is 10.1. The highest BCUT2D eigenvalue weighted by molar-refractivity contribution is 9.10. The Kier molecular flexibility index (Phi) is 4.91. The van der Waals surface area contributed by atoms with Crippen molar-refractivity contribution in [2.45, 2.75) is 10.6 Å². The van der Waals surface area contributed by atoms with Crippen molar-refractivity contribution in [1.82, 2.24) is 0 Å². The summed E-state index contributed by atoms with van der Waals surface area (Å²) in [5.41, 5.74) is 7.12. The topological polar surface area (TPSA) is 49.9 Å². The highest BCUT2D eigenvalue weighted by Crippen LogP contribution is 2.31. The normalized spacial score (nSPS) is 10.4. The molecular formula is C14H12BrClN2S. The van der Waals surface area contributed by atoms with Crippen LogP contribution in [-0.2, 0) is 5.75 Å². The summed E-state index contributed by atoms with van der Waals surface area (Å²) in [5.74, 6) is 0.812. The van der Waals surface area contributed by atoms with Gasteiger partial charge >= 0.3 is 0 Å². The van der Waals surface area contributed by atoms with Crippen LogP contribution in [0.3, 0.4) is 0 Å². The third-order valence-corrected chi connectivity index (χ3v) is 5.01. The van der Waals surface area contributed by atoms with E-state index in [0.29, 0.717) is 10.6 Å². The van der Waals surface area contributed by atoms with Gasteiger partial charge in [0.2, 0.25) is 0 Å². The van der Waals surface area contributed by atoms with Gasteiger partial charge in [-0.05, 0) is 39.7 Å². The molecule has 0 aromatic heterocycles. The lowest BCUT2D eigenvalue weighted by Gasteiger charge is -2.07. The second-order valence-electron chi connectivity index (χ2n) is 3.94. The number of nitrogens with one attached hydrogen (secondary N) is 1. The summed E-state index contributed by atoms with van der Waals surface area (Å²) < 4.78 is 1.08. The molecule has 0 heterocycles. The first-order valence-electron chi connectivity index (χ1n) is 5.58. The molecule has 98 valence electrons. The fraction of sp³-hybridized carbons (Fsp3) is 0.0714. The number of hydrogen-bond acceptors (Lipinski definition) is 2. The molecule has 0 atom stereocenters. The quantitative estimate of drug-likeness (QED) is 0.475. The summed E-state index contributed by atoms with van der Waals surface area (Å²) in [6.07, 6.45) is 0. The summed E-state index contributed by atoms with van der Waals surface area (Å²) in [6, 6.07) is 13.6. The standard InChI is InChI=1S/C14H12BrClN2S/c15-11-3-1-2-4-13(11)19-8-10-6-5-9(14(17)18)7-12(10)16/h1-7H,8H2,(H3,17,18). The van der Waals surface area contributed by atoms with Gasteiger partial charge in [0, 0.05) is 25.7 Å². The molecule has 0 aliphatic rings. The van der Waals surface area contributed by atoms with Crippen molar-refractivity contribution in [3.05, 3.63) is 63.1 Å². The van der Waals surface area contributed by atoms with E-state index in [2.05, 4.69) is 22.0 Å². The molecule has 2 nitrogen and oxygen atoms in total. The average molecular weight is 356 g/mol. The van der Waals surface area contributed by atoms with Crippen LogP contribution in [0.25, 0.3) is 0 Å². The molecule has 2 aromatic rings. The number of benzene rings is 2. The predicted octanol–water partition coefficient (Wildman–Crippen LogP) is 4.68. The van der Waals surface area contributed by atoms with Crippen LogP contribution in [0.15, 0.2) is 51.8 Å². The predicted molar refractivity (Wildman–Crippen MR) is 86.2 cm³/mol. The van der Waals surface area contributed by atoms with E-state index >= 15 is 0 Å². The zero-order valence-electron chi connectivity index (χ0n) is 9.99. The number of amidine groups is 1. The first kappa shape index (κ1) is 14.4. The Morgan fingerprint density at radius 2 is 2.00 bits per heavy atom. The average Bonchev–Trinajstić information content (AvgIpc) is 2.39. The highest BCUT2D eigenvalue weighted by atomic mass is 79.9. The molecule has 0 fully saturated rings. The van der Waals surface area contributed by atoms with E-state index in [1.54, 1.807) is 17.8 Å². The van der Waals surface area contributed by atoms with Crippen molar-refractivity contribution in [2.75, 3.05) is 0 Å². The number of rotatable bonds is 4. The lowest BCUT2D eigenvalue weighted by Crippen LogP contribution is -2.10. The van der Waals surface area contributed by atoms with Crippen LogP contribution in [0.2, 0.25) is 5.02 Å². The molecule has 19 heavy (non-hydrogen) atoms. The Morgan fingerprint density at radius 3 is 2.63 bits per heavy atom. The van der Waals surface area contributed by atoms with E-state index < -0.39 is 0 Å². The molecule has 0 radical (unpaired) electrons. The van der Waals surface area contributed by atoms with Crippen LogP contribution < -0.4 is 5.73 Å². The van der Waals surface area contributed by atoms with Gasteiger partial charge < -0.3 is 5.73 Å². The van der Waals surface area contributed by atoms with Crippen molar-refractivity contribution < 1.29 is 0 Å². The molecule has 0 unspecified atom stereocenters. The van der Waals surface area contributed by atoms with Crippen LogP contribution in [0.4, 0.5) is 0 Å². The smallest absolute Gasteiger partial charge is 0.122 e. The molecular weight excluding hydrogens is 344 g/mol. The maximum absolute atomic E-state index is 7.37.